The van der Waals surface area contributed by atoms with Crippen LogP contribution in [0.15, 0.2) is 176 Å². The van der Waals surface area contributed by atoms with Gasteiger partial charge in [0.2, 0.25) is 0 Å². The normalized spacial score (nSPS) is 14.7. The fourth-order valence-electron chi connectivity index (χ4n) is 10.9. The van der Waals surface area contributed by atoms with Crippen LogP contribution in [0.3, 0.4) is 0 Å². The molecule has 1 aliphatic carbocycles. The van der Waals surface area contributed by atoms with Gasteiger partial charge >= 0.3 is 0 Å². The molecule has 1 aliphatic rings. The number of rotatable bonds is 4. The number of para-hydroxylation sites is 4. The Kier molecular flexibility index (Phi) is 6.82. The maximum atomic E-state index is 2.78. The van der Waals surface area contributed by atoms with Crippen molar-refractivity contribution in [1.82, 2.24) is 13.7 Å². The molecule has 0 bridgehead atoms. The van der Waals surface area contributed by atoms with Crippen molar-refractivity contribution < 1.29 is 0 Å². The van der Waals surface area contributed by atoms with E-state index in [1.807, 2.05) is 11.3 Å². The molecule has 1 saturated carbocycles. The fourth-order valence-corrected chi connectivity index (χ4v) is 12.0. The summed E-state index contributed by atoms with van der Waals surface area (Å²) in [4.78, 5) is 0. The molecule has 1 fully saturated rings. The Labute approximate surface area is 339 Å². The summed E-state index contributed by atoms with van der Waals surface area (Å²) in [5.41, 5.74) is 11.2. The van der Waals surface area contributed by atoms with Crippen molar-refractivity contribution >= 4 is 96.9 Å². The lowest BCUT2D eigenvalue weighted by molar-refractivity contribution is 0.260. The lowest BCUT2D eigenvalue weighted by Gasteiger charge is -2.41. The van der Waals surface area contributed by atoms with Crippen LogP contribution < -0.4 is 0 Å². The van der Waals surface area contributed by atoms with Crippen LogP contribution in [-0.2, 0) is 5.54 Å². The van der Waals surface area contributed by atoms with Crippen LogP contribution >= 0.6 is 11.3 Å². The summed E-state index contributed by atoms with van der Waals surface area (Å²) in [5.74, 6) is 0. The first-order valence-electron chi connectivity index (χ1n) is 20.7. The van der Waals surface area contributed by atoms with Crippen molar-refractivity contribution in [2.24, 2.45) is 0 Å². The van der Waals surface area contributed by atoms with Gasteiger partial charge in [-0.3, -0.25) is 0 Å². The molecule has 0 spiro atoms. The second kappa shape index (κ2) is 12.2. The van der Waals surface area contributed by atoms with Crippen LogP contribution in [0, 0.1) is 0 Å². The van der Waals surface area contributed by atoms with Gasteiger partial charge in [0.15, 0.2) is 0 Å². The van der Waals surface area contributed by atoms with Crippen LogP contribution in [0.25, 0.3) is 97.0 Å². The van der Waals surface area contributed by atoms with Gasteiger partial charge in [0, 0.05) is 63.9 Å². The highest BCUT2D eigenvalue weighted by atomic mass is 32.1. The second-order valence-corrected chi connectivity index (χ2v) is 17.5. The molecule has 0 saturated heterocycles. The Morgan fingerprint density at radius 1 is 0.345 bits per heavy atom. The van der Waals surface area contributed by atoms with E-state index in [-0.39, 0.29) is 5.54 Å². The number of hydrogen-bond acceptors (Lipinski definition) is 1. The first kappa shape index (κ1) is 32.5. The van der Waals surface area contributed by atoms with Crippen molar-refractivity contribution in [3.8, 4) is 11.4 Å². The third kappa shape index (κ3) is 4.44. The zero-order chi connectivity index (χ0) is 38.0. The van der Waals surface area contributed by atoms with Gasteiger partial charge in [-0.05, 0) is 97.3 Å². The van der Waals surface area contributed by atoms with Gasteiger partial charge in [-0.2, -0.15) is 0 Å². The fraction of sp³-hybridized carbons (Fsp3) is 0.111. The van der Waals surface area contributed by atoms with Gasteiger partial charge in [0.1, 0.15) is 0 Å². The summed E-state index contributed by atoms with van der Waals surface area (Å²) in [6, 6.07) is 66.3. The predicted octanol–water partition coefficient (Wildman–Crippen LogP) is 15.1. The third-order valence-electron chi connectivity index (χ3n) is 13.4. The number of aromatic nitrogens is 3. The van der Waals surface area contributed by atoms with E-state index in [2.05, 4.69) is 190 Å². The second-order valence-electron chi connectivity index (χ2n) is 16.4. The summed E-state index contributed by atoms with van der Waals surface area (Å²) < 4.78 is 10.4. The highest BCUT2D eigenvalue weighted by Crippen LogP contribution is 2.49. The molecule has 3 nitrogen and oxygen atoms in total. The molecule has 0 amide bonds. The van der Waals surface area contributed by atoms with Crippen LogP contribution in [0.1, 0.15) is 37.7 Å². The highest BCUT2D eigenvalue weighted by Gasteiger charge is 2.38. The zero-order valence-electron chi connectivity index (χ0n) is 32.0. The lowest BCUT2D eigenvalue weighted by Crippen LogP contribution is -2.37. The molecule has 12 aromatic rings. The Morgan fingerprint density at radius 2 is 0.793 bits per heavy atom. The molecule has 58 heavy (non-hydrogen) atoms. The van der Waals surface area contributed by atoms with E-state index >= 15 is 0 Å². The van der Waals surface area contributed by atoms with Gasteiger partial charge in [-0.25, -0.2) is 0 Å². The van der Waals surface area contributed by atoms with Crippen LogP contribution in [-0.4, -0.2) is 13.7 Å². The highest BCUT2D eigenvalue weighted by molar-refractivity contribution is 7.25. The molecule has 4 heteroatoms. The first-order chi connectivity index (χ1) is 28.7. The summed E-state index contributed by atoms with van der Waals surface area (Å²) in [5, 5.41) is 10.5. The molecule has 4 aromatic heterocycles. The lowest BCUT2D eigenvalue weighted by atomic mass is 9.75. The summed E-state index contributed by atoms with van der Waals surface area (Å²) >= 11 is 1.91. The van der Waals surface area contributed by atoms with E-state index < -0.39 is 0 Å². The smallest absolute Gasteiger partial charge is 0.0703 e. The van der Waals surface area contributed by atoms with Crippen molar-refractivity contribution in [3.63, 3.8) is 0 Å². The summed E-state index contributed by atoms with van der Waals surface area (Å²) in [6.45, 7) is 0. The topological polar surface area (TPSA) is 14.8 Å². The van der Waals surface area contributed by atoms with E-state index in [9.17, 15) is 0 Å². The van der Waals surface area contributed by atoms with Gasteiger partial charge < -0.3 is 13.7 Å². The molecular formula is C54H39N3S. The Bertz CT molecular complexity index is 3340. The molecule has 8 aromatic carbocycles. The van der Waals surface area contributed by atoms with Crippen LogP contribution in [0.4, 0.5) is 0 Å². The third-order valence-corrected chi connectivity index (χ3v) is 14.6. The van der Waals surface area contributed by atoms with Gasteiger partial charge in [0.25, 0.3) is 0 Å². The minimum Gasteiger partial charge on any atom is -0.330 e. The van der Waals surface area contributed by atoms with Crippen LogP contribution in [0.5, 0.6) is 0 Å². The molecule has 13 rings (SSSR count). The average Bonchev–Trinajstić information content (AvgIpc) is 4.02. The average molecular weight is 762 g/mol. The van der Waals surface area contributed by atoms with Crippen molar-refractivity contribution in [1.29, 1.82) is 0 Å². The van der Waals surface area contributed by atoms with Crippen molar-refractivity contribution in [2.45, 2.75) is 37.6 Å². The number of thiophene rings is 1. The molecule has 0 N–H and O–H groups in total. The molecule has 0 atom stereocenters. The van der Waals surface area contributed by atoms with Crippen LogP contribution in [0.2, 0.25) is 0 Å². The van der Waals surface area contributed by atoms with E-state index in [0.717, 1.165) is 12.8 Å². The van der Waals surface area contributed by atoms with Gasteiger partial charge in [-0.1, -0.05) is 116 Å². The number of hydrogen-bond donors (Lipinski definition) is 0. The molecule has 0 radical (unpaired) electrons. The maximum Gasteiger partial charge on any atom is 0.0703 e. The van der Waals surface area contributed by atoms with Crippen molar-refractivity contribution in [2.75, 3.05) is 0 Å². The summed E-state index contributed by atoms with van der Waals surface area (Å²) in [7, 11) is 0. The van der Waals surface area contributed by atoms with E-state index in [0.29, 0.717) is 0 Å². The van der Waals surface area contributed by atoms with Gasteiger partial charge in [0.05, 0.1) is 38.6 Å². The molecule has 0 unspecified atom stereocenters. The first-order valence-corrected chi connectivity index (χ1v) is 21.5. The summed E-state index contributed by atoms with van der Waals surface area (Å²) in [6.07, 6.45) is 5.93. The van der Waals surface area contributed by atoms with E-state index in [4.69, 9.17) is 0 Å². The Balaban J connectivity index is 1.13. The van der Waals surface area contributed by atoms with E-state index in [1.54, 1.807) is 0 Å². The number of nitrogens with zero attached hydrogens (tertiary/aromatic N) is 3. The molecular weight excluding hydrogens is 723 g/mol. The van der Waals surface area contributed by atoms with Gasteiger partial charge in [-0.15, -0.1) is 11.3 Å². The molecule has 0 aliphatic heterocycles. The standard InChI is InChI=1S/C54H39N3S/c1-12-30-54(31-13-1,35-24-29-53-45(32-35)42-18-6-11-23-52(42)58-53)57-50-27-25-36(55-46-19-7-2-14-38(46)39-15-3-8-20-47(39)55)33-43(50)44-34-37(26-28-51(44)57)56-48-21-9-4-16-40(48)41-17-5-10-22-49(41)56/h2-11,14-29,32-34H,1,12-13,30-31H2. The van der Waals surface area contributed by atoms with E-state index in [1.165, 1.54) is 122 Å². The number of benzene rings is 8. The monoisotopic (exact) mass is 761 g/mol. The minimum atomic E-state index is -0.182. The predicted molar refractivity (Wildman–Crippen MR) is 248 cm³/mol. The zero-order valence-corrected chi connectivity index (χ0v) is 32.8. The minimum absolute atomic E-state index is 0.182. The molecule has 276 valence electrons. The molecule has 4 heterocycles. The van der Waals surface area contributed by atoms with Crippen molar-refractivity contribution in [3.05, 3.63) is 181 Å². The quantitative estimate of drug-likeness (QED) is 0.170. The SMILES string of the molecule is c1ccc2c(c1)sc1ccc(C3(n4c5ccc(-n6c7ccccc7c7ccccc76)cc5c5cc(-n6c7ccccc7c7ccccc76)ccc54)CCCCC3)cc12. The Morgan fingerprint density at radius 3 is 1.31 bits per heavy atom. The maximum absolute atomic E-state index is 2.78. The Hall–Kier alpha value is -6.62. The number of fused-ring (bicyclic) bond motifs is 12. The largest absolute Gasteiger partial charge is 0.330 e.